The second kappa shape index (κ2) is 4.94. The maximum atomic E-state index is 5.90. The summed E-state index contributed by atoms with van der Waals surface area (Å²) >= 11 is 9.27. The van der Waals surface area contributed by atoms with Gasteiger partial charge in [0.05, 0.1) is 7.11 Å². The van der Waals surface area contributed by atoms with Gasteiger partial charge in [0.2, 0.25) is 0 Å². The van der Waals surface area contributed by atoms with Gasteiger partial charge in [-0.3, -0.25) is 0 Å². The fourth-order valence-electron chi connectivity index (χ4n) is 1.62. The van der Waals surface area contributed by atoms with Crippen LogP contribution >= 0.6 is 27.5 Å². The van der Waals surface area contributed by atoms with E-state index in [0.29, 0.717) is 11.0 Å². The summed E-state index contributed by atoms with van der Waals surface area (Å²) in [6.07, 6.45) is 0. The molecule has 1 aromatic carbocycles. The number of hydrogen-bond donors (Lipinski definition) is 1. The van der Waals surface area contributed by atoms with Crippen LogP contribution < -0.4 is 10.5 Å². The molecule has 2 rings (SSSR count). The number of halogens is 2. The Morgan fingerprint density at radius 1 is 1.35 bits per heavy atom. The van der Waals surface area contributed by atoms with Crippen molar-refractivity contribution in [3.05, 3.63) is 40.0 Å². The number of pyridine rings is 1. The van der Waals surface area contributed by atoms with Gasteiger partial charge in [-0.05, 0) is 28.1 Å². The van der Waals surface area contributed by atoms with Crippen LogP contribution in [0.1, 0.15) is 0 Å². The van der Waals surface area contributed by atoms with Crippen LogP contribution in [-0.2, 0) is 0 Å². The van der Waals surface area contributed by atoms with Gasteiger partial charge in [0, 0.05) is 15.6 Å². The summed E-state index contributed by atoms with van der Waals surface area (Å²) in [6, 6.07) is 9.31. The zero-order chi connectivity index (χ0) is 12.4. The maximum absolute atomic E-state index is 5.90. The lowest BCUT2D eigenvalue weighted by Gasteiger charge is -2.12. The van der Waals surface area contributed by atoms with Crippen molar-refractivity contribution in [2.24, 2.45) is 0 Å². The Bertz CT molecular complexity index is 537. The standard InChI is InChI=1S/C12H10BrClN2O/c1-17-9-5-3-2-4-7(9)11-8(13)6-10(14)16-12(11)15/h2-6H,1H3,(H2,15,16). The summed E-state index contributed by atoms with van der Waals surface area (Å²) in [5.74, 6) is 1.11. The summed E-state index contributed by atoms with van der Waals surface area (Å²) in [4.78, 5) is 4.04. The van der Waals surface area contributed by atoms with E-state index < -0.39 is 0 Å². The Kier molecular flexibility index (Phi) is 3.54. The highest BCUT2D eigenvalue weighted by atomic mass is 79.9. The molecule has 0 saturated heterocycles. The molecule has 0 saturated carbocycles. The summed E-state index contributed by atoms with van der Waals surface area (Å²) in [5, 5.41) is 0.355. The topological polar surface area (TPSA) is 48.1 Å². The lowest BCUT2D eigenvalue weighted by atomic mass is 10.1. The van der Waals surface area contributed by atoms with Gasteiger partial charge in [0.25, 0.3) is 0 Å². The van der Waals surface area contributed by atoms with Gasteiger partial charge in [-0.2, -0.15) is 0 Å². The van der Waals surface area contributed by atoms with E-state index in [1.807, 2.05) is 24.3 Å². The molecule has 0 aliphatic carbocycles. The van der Waals surface area contributed by atoms with Gasteiger partial charge in [0.15, 0.2) is 0 Å². The smallest absolute Gasteiger partial charge is 0.134 e. The monoisotopic (exact) mass is 312 g/mol. The first-order valence-electron chi connectivity index (χ1n) is 4.88. The summed E-state index contributed by atoms with van der Waals surface area (Å²) in [5.41, 5.74) is 7.56. The van der Waals surface area contributed by atoms with Crippen molar-refractivity contribution in [1.82, 2.24) is 4.98 Å². The molecular weight excluding hydrogens is 304 g/mol. The minimum absolute atomic E-state index is 0.355. The molecule has 0 unspecified atom stereocenters. The van der Waals surface area contributed by atoms with Crippen molar-refractivity contribution in [3.8, 4) is 16.9 Å². The maximum Gasteiger partial charge on any atom is 0.134 e. The molecule has 88 valence electrons. The molecule has 2 N–H and O–H groups in total. The zero-order valence-electron chi connectivity index (χ0n) is 9.08. The first-order chi connectivity index (χ1) is 8.13. The Balaban J connectivity index is 2.68. The van der Waals surface area contributed by atoms with Crippen molar-refractivity contribution < 1.29 is 4.74 Å². The number of hydrogen-bond acceptors (Lipinski definition) is 3. The van der Waals surface area contributed by atoms with Crippen molar-refractivity contribution in [2.45, 2.75) is 0 Å². The van der Waals surface area contributed by atoms with Crippen LogP contribution in [0.3, 0.4) is 0 Å². The number of nitrogens with two attached hydrogens (primary N) is 1. The van der Waals surface area contributed by atoms with Crippen LogP contribution in [0.2, 0.25) is 5.15 Å². The Morgan fingerprint density at radius 2 is 2.06 bits per heavy atom. The minimum Gasteiger partial charge on any atom is -0.496 e. The van der Waals surface area contributed by atoms with E-state index in [-0.39, 0.29) is 0 Å². The molecule has 0 fully saturated rings. The van der Waals surface area contributed by atoms with Gasteiger partial charge in [0.1, 0.15) is 16.7 Å². The highest BCUT2D eigenvalue weighted by Crippen LogP contribution is 2.38. The fraction of sp³-hybridized carbons (Fsp3) is 0.0833. The number of aromatic nitrogens is 1. The van der Waals surface area contributed by atoms with Crippen LogP contribution in [0.5, 0.6) is 5.75 Å². The number of benzene rings is 1. The molecule has 0 radical (unpaired) electrons. The first-order valence-corrected chi connectivity index (χ1v) is 6.05. The second-order valence-electron chi connectivity index (χ2n) is 3.39. The number of nitrogens with zero attached hydrogens (tertiary/aromatic N) is 1. The fourth-order valence-corrected chi connectivity index (χ4v) is 2.59. The van der Waals surface area contributed by atoms with Crippen LogP contribution in [0.25, 0.3) is 11.1 Å². The quantitative estimate of drug-likeness (QED) is 0.859. The predicted molar refractivity (Wildman–Crippen MR) is 73.3 cm³/mol. The summed E-state index contributed by atoms with van der Waals surface area (Å²) in [7, 11) is 1.62. The van der Waals surface area contributed by atoms with Crippen molar-refractivity contribution >= 4 is 33.3 Å². The zero-order valence-corrected chi connectivity index (χ0v) is 11.4. The third-order valence-corrected chi connectivity index (χ3v) is 3.16. The number of anilines is 1. The van der Waals surface area contributed by atoms with Gasteiger partial charge >= 0.3 is 0 Å². The van der Waals surface area contributed by atoms with Gasteiger partial charge in [-0.15, -0.1) is 0 Å². The average Bonchev–Trinajstić information content (AvgIpc) is 2.28. The van der Waals surface area contributed by atoms with E-state index >= 15 is 0 Å². The SMILES string of the molecule is COc1ccccc1-c1c(Br)cc(Cl)nc1N. The molecule has 0 bridgehead atoms. The number of nitrogen functional groups attached to an aromatic ring is 1. The van der Waals surface area contributed by atoms with Crippen molar-refractivity contribution in [3.63, 3.8) is 0 Å². The molecule has 2 aromatic rings. The Labute approximate surface area is 113 Å². The van der Waals surface area contributed by atoms with Gasteiger partial charge in [-0.25, -0.2) is 4.98 Å². The average molecular weight is 314 g/mol. The lowest BCUT2D eigenvalue weighted by Crippen LogP contribution is -1.97. The van der Waals surface area contributed by atoms with E-state index in [0.717, 1.165) is 21.3 Å². The summed E-state index contributed by atoms with van der Waals surface area (Å²) < 4.78 is 6.09. The number of ether oxygens (including phenoxy) is 1. The van der Waals surface area contributed by atoms with E-state index in [9.17, 15) is 0 Å². The molecule has 0 spiro atoms. The van der Waals surface area contributed by atoms with E-state index in [2.05, 4.69) is 20.9 Å². The normalized spacial score (nSPS) is 10.3. The molecule has 0 amide bonds. The highest BCUT2D eigenvalue weighted by Gasteiger charge is 2.14. The molecule has 1 aromatic heterocycles. The Morgan fingerprint density at radius 3 is 2.71 bits per heavy atom. The largest absolute Gasteiger partial charge is 0.496 e. The van der Waals surface area contributed by atoms with E-state index in [1.54, 1.807) is 13.2 Å². The number of methoxy groups -OCH3 is 1. The first kappa shape index (κ1) is 12.2. The van der Waals surface area contributed by atoms with E-state index in [4.69, 9.17) is 22.1 Å². The molecule has 0 aliphatic rings. The van der Waals surface area contributed by atoms with Crippen LogP contribution in [0.4, 0.5) is 5.82 Å². The molecular formula is C12H10BrClN2O. The lowest BCUT2D eigenvalue weighted by molar-refractivity contribution is 0.416. The minimum atomic E-state index is 0.355. The van der Waals surface area contributed by atoms with Crippen LogP contribution in [0, 0.1) is 0 Å². The van der Waals surface area contributed by atoms with Gasteiger partial charge in [-0.1, -0.05) is 29.8 Å². The Hall–Kier alpha value is -1.26. The predicted octanol–water partition coefficient (Wildman–Crippen LogP) is 3.76. The van der Waals surface area contributed by atoms with Gasteiger partial charge < -0.3 is 10.5 Å². The molecule has 5 heteroatoms. The molecule has 1 heterocycles. The van der Waals surface area contributed by atoms with Crippen molar-refractivity contribution in [2.75, 3.05) is 12.8 Å². The van der Waals surface area contributed by atoms with Crippen LogP contribution in [0.15, 0.2) is 34.8 Å². The molecule has 0 aliphatic heterocycles. The third kappa shape index (κ3) is 2.37. The number of rotatable bonds is 2. The van der Waals surface area contributed by atoms with E-state index in [1.165, 1.54) is 0 Å². The molecule has 3 nitrogen and oxygen atoms in total. The third-order valence-electron chi connectivity index (χ3n) is 2.34. The van der Waals surface area contributed by atoms with Crippen LogP contribution in [-0.4, -0.2) is 12.1 Å². The second-order valence-corrected chi connectivity index (χ2v) is 4.63. The number of para-hydroxylation sites is 1. The highest BCUT2D eigenvalue weighted by molar-refractivity contribution is 9.10. The van der Waals surface area contributed by atoms with Crippen molar-refractivity contribution in [1.29, 1.82) is 0 Å². The molecule has 0 atom stereocenters. The molecule has 17 heavy (non-hydrogen) atoms. The summed E-state index contributed by atoms with van der Waals surface area (Å²) in [6.45, 7) is 0.